The number of hydrogen-bond donors (Lipinski definition) is 0. The Labute approximate surface area is 113 Å². The van der Waals surface area contributed by atoms with Crippen LogP contribution in [0, 0.1) is 11.7 Å². The molecule has 1 aromatic carbocycles. The highest BCUT2D eigenvalue weighted by Gasteiger charge is 2.03. The largest absolute Gasteiger partial charge is 0.493 e. The molecule has 0 aromatic heterocycles. The molecule has 0 radical (unpaired) electrons. The minimum atomic E-state index is -0.280. The van der Waals surface area contributed by atoms with Crippen LogP contribution in [0.25, 0.3) is 0 Å². The fourth-order valence-electron chi connectivity index (χ4n) is 1.32. The minimum Gasteiger partial charge on any atom is -0.493 e. The van der Waals surface area contributed by atoms with Crippen LogP contribution in [0.15, 0.2) is 22.7 Å². The fourth-order valence-corrected chi connectivity index (χ4v) is 2.55. The maximum atomic E-state index is 13.0. The average molecular weight is 354 g/mol. The van der Waals surface area contributed by atoms with Gasteiger partial charge in [-0.2, -0.15) is 0 Å². The lowest BCUT2D eigenvalue weighted by molar-refractivity contribution is 0.281. The number of rotatable bonds is 6. The zero-order valence-electron chi connectivity index (χ0n) is 9.18. The van der Waals surface area contributed by atoms with E-state index in [1.54, 1.807) is 6.07 Å². The van der Waals surface area contributed by atoms with Crippen molar-refractivity contribution in [2.75, 3.05) is 11.9 Å². The molecule has 0 aliphatic carbocycles. The molecule has 0 spiro atoms. The molecule has 0 aliphatic heterocycles. The van der Waals surface area contributed by atoms with Gasteiger partial charge in [-0.25, -0.2) is 4.39 Å². The summed E-state index contributed by atoms with van der Waals surface area (Å²) in [5.74, 6) is 0.923. The molecule has 16 heavy (non-hydrogen) atoms. The van der Waals surface area contributed by atoms with Crippen molar-refractivity contribution in [3.63, 3.8) is 0 Å². The third-order valence-corrected chi connectivity index (χ3v) is 3.23. The molecule has 0 saturated heterocycles. The van der Waals surface area contributed by atoms with E-state index in [2.05, 4.69) is 38.8 Å². The van der Waals surface area contributed by atoms with Gasteiger partial charge in [0, 0.05) is 15.9 Å². The SMILES string of the molecule is CC(CCBr)CCOc1cc(F)cc(Br)c1. The lowest BCUT2D eigenvalue weighted by Crippen LogP contribution is -2.04. The number of benzene rings is 1. The standard InChI is InChI=1S/C12H15Br2FO/c1-9(2-4-13)3-5-16-12-7-10(14)6-11(15)8-12/h6-9H,2-5H2,1H3. The van der Waals surface area contributed by atoms with Gasteiger partial charge in [0.25, 0.3) is 0 Å². The molecule has 1 rings (SSSR count). The van der Waals surface area contributed by atoms with Crippen molar-refractivity contribution in [1.82, 2.24) is 0 Å². The van der Waals surface area contributed by atoms with Crippen molar-refractivity contribution in [2.45, 2.75) is 19.8 Å². The molecule has 0 amide bonds. The van der Waals surface area contributed by atoms with Crippen LogP contribution in [-0.2, 0) is 0 Å². The number of alkyl halides is 1. The minimum absolute atomic E-state index is 0.280. The second-order valence-corrected chi connectivity index (χ2v) is 5.53. The summed E-state index contributed by atoms with van der Waals surface area (Å²) in [5, 5.41) is 1.01. The van der Waals surface area contributed by atoms with E-state index in [-0.39, 0.29) is 5.82 Å². The highest BCUT2D eigenvalue weighted by Crippen LogP contribution is 2.21. The van der Waals surface area contributed by atoms with Crippen molar-refractivity contribution in [3.05, 3.63) is 28.5 Å². The van der Waals surface area contributed by atoms with Gasteiger partial charge >= 0.3 is 0 Å². The van der Waals surface area contributed by atoms with Crippen LogP contribution in [0.1, 0.15) is 19.8 Å². The molecule has 4 heteroatoms. The van der Waals surface area contributed by atoms with E-state index in [9.17, 15) is 4.39 Å². The van der Waals surface area contributed by atoms with Gasteiger partial charge in [-0.15, -0.1) is 0 Å². The third kappa shape index (κ3) is 5.30. The van der Waals surface area contributed by atoms with E-state index < -0.39 is 0 Å². The van der Waals surface area contributed by atoms with Crippen LogP contribution in [0.2, 0.25) is 0 Å². The van der Waals surface area contributed by atoms with Gasteiger partial charge in [-0.3, -0.25) is 0 Å². The average Bonchev–Trinajstić information content (AvgIpc) is 2.16. The summed E-state index contributed by atoms with van der Waals surface area (Å²) in [6.45, 7) is 2.82. The second-order valence-electron chi connectivity index (χ2n) is 3.83. The predicted octanol–water partition coefficient (Wildman–Crippen LogP) is 4.78. The topological polar surface area (TPSA) is 9.23 Å². The van der Waals surface area contributed by atoms with Crippen LogP contribution in [0.3, 0.4) is 0 Å². The summed E-state index contributed by atoms with van der Waals surface area (Å²) in [6, 6.07) is 4.60. The highest BCUT2D eigenvalue weighted by molar-refractivity contribution is 9.10. The second kappa shape index (κ2) is 7.28. The van der Waals surface area contributed by atoms with E-state index >= 15 is 0 Å². The Kier molecular flexibility index (Phi) is 6.36. The van der Waals surface area contributed by atoms with Crippen LogP contribution in [0.5, 0.6) is 5.75 Å². The molecule has 0 heterocycles. The van der Waals surface area contributed by atoms with Crippen molar-refractivity contribution in [3.8, 4) is 5.75 Å². The molecule has 1 atom stereocenters. The number of ether oxygens (including phenoxy) is 1. The van der Waals surface area contributed by atoms with Crippen LogP contribution in [-0.4, -0.2) is 11.9 Å². The molecular weight excluding hydrogens is 339 g/mol. The Bertz CT molecular complexity index is 311. The molecule has 0 saturated carbocycles. The monoisotopic (exact) mass is 352 g/mol. The zero-order valence-corrected chi connectivity index (χ0v) is 12.4. The van der Waals surface area contributed by atoms with Gasteiger partial charge in [0.1, 0.15) is 11.6 Å². The molecule has 0 bridgehead atoms. The molecule has 1 aromatic rings. The smallest absolute Gasteiger partial charge is 0.128 e. The number of hydrogen-bond acceptors (Lipinski definition) is 1. The maximum Gasteiger partial charge on any atom is 0.128 e. The predicted molar refractivity (Wildman–Crippen MR) is 71.8 cm³/mol. The van der Waals surface area contributed by atoms with Crippen molar-refractivity contribution >= 4 is 31.9 Å². The van der Waals surface area contributed by atoms with Crippen LogP contribution < -0.4 is 4.74 Å². The Hall–Kier alpha value is -0.0900. The van der Waals surface area contributed by atoms with E-state index in [0.717, 1.165) is 18.2 Å². The molecule has 90 valence electrons. The van der Waals surface area contributed by atoms with Crippen LogP contribution in [0.4, 0.5) is 4.39 Å². The first-order chi connectivity index (χ1) is 7.61. The van der Waals surface area contributed by atoms with E-state index in [1.165, 1.54) is 12.1 Å². The Morgan fingerprint density at radius 1 is 1.31 bits per heavy atom. The molecule has 0 N–H and O–H groups in total. The van der Waals surface area contributed by atoms with Crippen molar-refractivity contribution < 1.29 is 9.13 Å². The normalized spacial score (nSPS) is 12.5. The first-order valence-corrected chi connectivity index (χ1v) is 7.18. The summed E-state index contributed by atoms with van der Waals surface area (Å²) in [6.07, 6.45) is 2.12. The first-order valence-electron chi connectivity index (χ1n) is 5.26. The van der Waals surface area contributed by atoms with Crippen molar-refractivity contribution in [2.24, 2.45) is 5.92 Å². The summed E-state index contributed by atoms with van der Waals surface area (Å²) in [4.78, 5) is 0. The van der Waals surface area contributed by atoms with E-state index in [1.807, 2.05) is 0 Å². The van der Waals surface area contributed by atoms with Crippen molar-refractivity contribution in [1.29, 1.82) is 0 Å². The summed E-state index contributed by atoms with van der Waals surface area (Å²) >= 11 is 6.64. The van der Waals surface area contributed by atoms with E-state index in [4.69, 9.17) is 4.74 Å². The van der Waals surface area contributed by atoms with E-state index in [0.29, 0.717) is 22.7 Å². The van der Waals surface area contributed by atoms with Crippen LogP contribution >= 0.6 is 31.9 Å². The quantitative estimate of drug-likeness (QED) is 0.669. The molecular formula is C12H15Br2FO. The van der Waals surface area contributed by atoms with Gasteiger partial charge in [0.05, 0.1) is 6.61 Å². The molecule has 1 unspecified atom stereocenters. The third-order valence-electron chi connectivity index (χ3n) is 2.32. The maximum absolute atomic E-state index is 13.0. The lowest BCUT2D eigenvalue weighted by Gasteiger charge is -2.11. The lowest BCUT2D eigenvalue weighted by atomic mass is 10.1. The number of halogens is 3. The first kappa shape index (κ1) is 14.0. The Balaban J connectivity index is 2.37. The fraction of sp³-hybridized carbons (Fsp3) is 0.500. The van der Waals surface area contributed by atoms with Gasteiger partial charge in [0.15, 0.2) is 0 Å². The molecule has 1 nitrogen and oxygen atoms in total. The summed E-state index contributed by atoms with van der Waals surface area (Å²) in [7, 11) is 0. The highest BCUT2D eigenvalue weighted by atomic mass is 79.9. The summed E-state index contributed by atoms with van der Waals surface area (Å²) < 4.78 is 19.2. The van der Waals surface area contributed by atoms with Gasteiger partial charge in [0.2, 0.25) is 0 Å². The summed E-state index contributed by atoms with van der Waals surface area (Å²) in [5.41, 5.74) is 0. The molecule has 0 aliphatic rings. The van der Waals surface area contributed by atoms with Gasteiger partial charge in [-0.1, -0.05) is 38.8 Å². The Morgan fingerprint density at radius 2 is 2.06 bits per heavy atom. The Morgan fingerprint density at radius 3 is 2.69 bits per heavy atom. The van der Waals surface area contributed by atoms with Gasteiger partial charge in [-0.05, 0) is 30.9 Å². The zero-order chi connectivity index (χ0) is 12.0. The van der Waals surface area contributed by atoms with Gasteiger partial charge < -0.3 is 4.74 Å². The molecule has 0 fully saturated rings.